The Morgan fingerprint density at radius 1 is 1.04 bits per heavy atom. The van der Waals surface area contributed by atoms with Gasteiger partial charge in [-0.2, -0.15) is 0 Å². The lowest BCUT2D eigenvalue weighted by atomic mass is 10.2. The van der Waals surface area contributed by atoms with Crippen LogP contribution in [0.5, 0.6) is 0 Å². The summed E-state index contributed by atoms with van der Waals surface area (Å²) in [5.41, 5.74) is 1.79. The van der Waals surface area contributed by atoms with Crippen LogP contribution in [0.4, 0.5) is 17.1 Å². The van der Waals surface area contributed by atoms with Crippen LogP contribution < -0.4 is 15.5 Å². The molecule has 2 aromatic carbocycles. The molecular weight excluding hydrogens is 350 g/mol. The van der Waals surface area contributed by atoms with E-state index in [1.165, 1.54) is 11.8 Å². The number of nitrogens with zero attached hydrogens (tertiary/aromatic N) is 1. The summed E-state index contributed by atoms with van der Waals surface area (Å²) in [6.07, 6.45) is 3.26. The number of nitrogens with one attached hydrogen (secondary N) is 2. The summed E-state index contributed by atoms with van der Waals surface area (Å²) in [5.74, 6) is -1.43. The predicted octanol–water partition coefficient (Wildman–Crippen LogP) is 3.11. The maximum absolute atomic E-state index is 12.2. The van der Waals surface area contributed by atoms with Crippen LogP contribution in [0.2, 0.25) is 0 Å². The van der Waals surface area contributed by atoms with Gasteiger partial charge in [0.2, 0.25) is 5.91 Å². The Balaban J connectivity index is 1.67. The summed E-state index contributed by atoms with van der Waals surface area (Å²) in [6, 6.07) is 14.2. The Kier molecular flexibility index (Phi) is 5.58. The highest BCUT2D eigenvalue weighted by Gasteiger charge is 2.22. The molecule has 134 valence electrons. The lowest BCUT2D eigenvalue weighted by Crippen LogP contribution is -2.29. The van der Waals surface area contributed by atoms with Gasteiger partial charge in [0.05, 0.1) is 5.69 Å². The van der Waals surface area contributed by atoms with Crippen molar-refractivity contribution in [3.8, 4) is 0 Å². The third-order valence-electron chi connectivity index (χ3n) is 4.05. The van der Waals surface area contributed by atoms with Crippen LogP contribution >= 0.6 is 11.8 Å². The van der Waals surface area contributed by atoms with Crippen LogP contribution in [0, 0.1) is 0 Å². The number of rotatable bonds is 4. The Labute approximate surface area is 156 Å². The van der Waals surface area contributed by atoms with Gasteiger partial charge in [0.1, 0.15) is 0 Å². The Morgan fingerprint density at radius 2 is 1.81 bits per heavy atom. The normalized spacial score (nSPS) is 13.6. The molecule has 2 aromatic rings. The van der Waals surface area contributed by atoms with Crippen molar-refractivity contribution < 1.29 is 14.4 Å². The second-order valence-corrected chi connectivity index (χ2v) is 6.66. The number of amides is 3. The molecule has 0 unspecified atom stereocenters. The van der Waals surface area contributed by atoms with E-state index in [9.17, 15) is 14.4 Å². The van der Waals surface area contributed by atoms with Crippen molar-refractivity contribution in [3.05, 3.63) is 48.5 Å². The quantitative estimate of drug-likeness (QED) is 0.641. The second-order valence-electron chi connectivity index (χ2n) is 5.81. The molecule has 7 heteroatoms. The van der Waals surface area contributed by atoms with E-state index in [-0.39, 0.29) is 5.91 Å². The fraction of sp³-hybridized carbons (Fsp3) is 0.211. The number of carbonyl (C=O) groups is 3. The monoisotopic (exact) mass is 369 g/mol. The van der Waals surface area contributed by atoms with Gasteiger partial charge in [-0.1, -0.05) is 18.2 Å². The van der Waals surface area contributed by atoms with Gasteiger partial charge in [-0.3, -0.25) is 14.4 Å². The number of carbonyl (C=O) groups excluding carboxylic acids is 3. The molecule has 26 heavy (non-hydrogen) atoms. The molecule has 3 amide bonds. The van der Waals surface area contributed by atoms with Crippen LogP contribution in [-0.4, -0.2) is 30.5 Å². The molecule has 1 fully saturated rings. The van der Waals surface area contributed by atoms with Crippen LogP contribution in [0.3, 0.4) is 0 Å². The maximum atomic E-state index is 12.2. The van der Waals surface area contributed by atoms with Gasteiger partial charge >= 0.3 is 11.8 Å². The number of benzene rings is 2. The van der Waals surface area contributed by atoms with Gasteiger partial charge in [-0.25, -0.2) is 0 Å². The van der Waals surface area contributed by atoms with E-state index in [0.717, 1.165) is 17.0 Å². The summed E-state index contributed by atoms with van der Waals surface area (Å²) in [7, 11) is 0. The minimum absolute atomic E-state index is 0.0693. The van der Waals surface area contributed by atoms with Gasteiger partial charge in [-0.05, 0) is 43.0 Å². The summed E-state index contributed by atoms with van der Waals surface area (Å²) in [5, 5.41) is 5.20. The molecule has 6 nitrogen and oxygen atoms in total. The zero-order chi connectivity index (χ0) is 18.5. The topological polar surface area (TPSA) is 78.5 Å². The first-order valence-corrected chi connectivity index (χ1v) is 9.47. The Bertz CT molecular complexity index is 853. The maximum Gasteiger partial charge on any atom is 0.314 e. The molecule has 1 aliphatic heterocycles. The molecule has 1 heterocycles. The highest BCUT2D eigenvalue weighted by molar-refractivity contribution is 7.98. The number of para-hydroxylation sites is 1. The van der Waals surface area contributed by atoms with E-state index < -0.39 is 11.8 Å². The zero-order valence-corrected chi connectivity index (χ0v) is 15.1. The fourth-order valence-corrected chi connectivity index (χ4v) is 3.34. The summed E-state index contributed by atoms with van der Waals surface area (Å²) in [6.45, 7) is 0.669. The minimum atomic E-state index is -0.759. The van der Waals surface area contributed by atoms with Gasteiger partial charge in [0.25, 0.3) is 0 Å². The molecule has 1 saturated heterocycles. The number of anilines is 3. The number of hydrogen-bond acceptors (Lipinski definition) is 4. The summed E-state index contributed by atoms with van der Waals surface area (Å²) < 4.78 is 0. The molecule has 0 bridgehead atoms. The lowest BCUT2D eigenvalue weighted by Gasteiger charge is -2.16. The molecule has 0 radical (unpaired) electrons. The molecule has 0 atom stereocenters. The average Bonchev–Trinajstić information content (AvgIpc) is 3.08. The SMILES string of the molecule is CSc1ccccc1NC(=O)C(=O)Nc1cccc(N2CCCC2=O)c1. The first-order chi connectivity index (χ1) is 12.6. The third kappa shape index (κ3) is 4.05. The van der Waals surface area contributed by atoms with Gasteiger partial charge < -0.3 is 15.5 Å². The van der Waals surface area contributed by atoms with Crippen LogP contribution in [0.25, 0.3) is 0 Å². The van der Waals surface area contributed by atoms with E-state index in [4.69, 9.17) is 0 Å². The standard InChI is InChI=1S/C19H19N3O3S/c1-26-16-9-3-2-8-15(16)21-19(25)18(24)20-13-6-4-7-14(12-13)22-11-5-10-17(22)23/h2-4,6-9,12H,5,10-11H2,1H3,(H,20,24)(H,21,25). The molecule has 0 spiro atoms. The fourth-order valence-electron chi connectivity index (χ4n) is 2.79. The van der Waals surface area contributed by atoms with Crippen molar-refractivity contribution in [2.24, 2.45) is 0 Å². The van der Waals surface area contributed by atoms with E-state index in [2.05, 4.69) is 10.6 Å². The van der Waals surface area contributed by atoms with Crippen molar-refractivity contribution in [1.82, 2.24) is 0 Å². The molecule has 1 aliphatic rings. The first kappa shape index (κ1) is 18.0. The largest absolute Gasteiger partial charge is 0.318 e. The minimum Gasteiger partial charge on any atom is -0.318 e. The smallest absolute Gasteiger partial charge is 0.314 e. The third-order valence-corrected chi connectivity index (χ3v) is 4.85. The summed E-state index contributed by atoms with van der Waals surface area (Å²) >= 11 is 1.49. The molecule has 3 rings (SSSR count). The van der Waals surface area contributed by atoms with E-state index >= 15 is 0 Å². The van der Waals surface area contributed by atoms with Gasteiger partial charge in [0.15, 0.2) is 0 Å². The van der Waals surface area contributed by atoms with Crippen molar-refractivity contribution in [3.63, 3.8) is 0 Å². The average molecular weight is 369 g/mol. The van der Waals surface area contributed by atoms with Crippen molar-refractivity contribution >= 4 is 46.5 Å². The Hall–Kier alpha value is -2.80. The van der Waals surface area contributed by atoms with Crippen LogP contribution in [0.15, 0.2) is 53.4 Å². The number of hydrogen-bond donors (Lipinski definition) is 2. The zero-order valence-electron chi connectivity index (χ0n) is 14.3. The van der Waals surface area contributed by atoms with E-state index in [0.29, 0.717) is 24.3 Å². The second kappa shape index (κ2) is 8.05. The molecule has 0 aromatic heterocycles. The molecular formula is C19H19N3O3S. The Morgan fingerprint density at radius 3 is 2.54 bits per heavy atom. The molecule has 2 N–H and O–H groups in total. The van der Waals surface area contributed by atoms with Crippen LogP contribution in [0.1, 0.15) is 12.8 Å². The van der Waals surface area contributed by atoms with Gasteiger partial charge in [-0.15, -0.1) is 11.8 Å². The molecule has 0 saturated carbocycles. The summed E-state index contributed by atoms with van der Waals surface area (Å²) in [4.78, 5) is 38.8. The number of thioether (sulfide) groups is 1. The van der Waals surface area contributed by atoms with Crippen molar-refractivity contribution in [2.75, 3.05) is 28.3 Å². The predicted molar refractivity (Wildman–Crippen MR) is 104 cm³/mol. The lowest BCUT2D eigenvalue weighted by molar-refractivity contribution is -0.133. The van der Waals surface area contributed by atoms with E-state index in [1.807, 2.05) is 24.5 Å². The van der Waals surface area contributed by atoms with E-state index in [1.54, 1.807) is 35.2 Å². The highest BCUT2D eigenvalue weighted by atomic mass is 32.2. The molecule has 0 aliphatic carbocycles. The van der Waals surface area contributed by atoms with Gasteiger partial charge in [0, 0.05) is 29.2 Å². The van der Waals surface area contributed by atoms with Crippen molar-refractivity contribution in [1.29, 1.82) is 0 Å². The van der Waals surface area contributed by atoms with Crippen LogP contribution in [-0.2, 0) is 14.4 Å². The van der Waals surface area contributed by atoms with Crippen molar-refractivity contribution in [2.45, 2.75) is 17.7 Å². The highest BCUT2D eigenvalue weighted by Crippen LogP contribution is 2.25. The first-order valence-electron chi connectivity index (χ1n) is 8.24.